The number of benzene rings is 2. The minimum Gasteiger partial charge on any atom is -0.462 e. The van der Waals surface area contributed by atoms with Gasteiger partial charge in [-0.25, -0.2) is 4.79 Å². The van der Waals surface area contributed by atoms with Crippen molar-refractivity contribution in [1.82, 2.24) is 0 Å². The molecule has 1 aliphatic rings. The number of rotatable bonds is 8. The highest BCUT2D eigenvalue weighted by molar-refractivity contribution is 6.01. The molecule has 0 aliphatic carbocycles. The maximum absolute atomic E-state index is 12.4. The third-order valence-electron chi connectivity index (χ3n) is 4.89. The van der Waals surface area contributed by atoms with Gasteiger partial charge in [-0.15, -0.1) is 0 Å². The van der Waals surface area contributed by atoms with E-state index < -0.39 is 35.2 Å². The van der Waals surface area contributed by atoms with E-state index in [1.807, 2.05) is 0 Å². The lowest BCUT2D eigenvalue weighted by Crippen LogP contribution is -2.27. The summed E-state index contributed by atoms with van der Waals surface area (Å²) in [4.78, 5) is 60.1. The molecule has 0 radical (unpaired) electrons. The third kappa shape index (κ3) is 5.15. The summed E-state index contributed by atoms with van der Waals surface area (Å²) < 4.78 is 9.99. The van der Waals surface area contributed by atoms with Gasteiger partial charge >= 0.3 is 11.9 Å². The van der Waals surface area contributed by atoms with E-state index in [9.17, 15) is 29.3 Å². The molecule has 166 valence electrons. The van der Waals surface area contributed by atoms with Crippen LogP contribution in [0.5, 0.6) is 0 Å². The van der Waals surface area contributed by atoms with E-state index in [0.717, 1.165) is 0 Å². The summed E-state index contributed by atoms with van der Waals surface area (Å²) in [6, 6.07) is 11.2. The monoisotopic (exact) mass is 440 g/mol. The predicted molar refractivity (Wildman–Crippen MR) is 111 cm³/mol. The molecule has 1 atom stereocenters. The number of anilines is 1. The van der Waals surface area contributed by atoms with Crippen LogP contribution in [0.2, 0.25) is 0 Å². The molecular weight excluding hydrogens is 420 g/mol. The highest BCUT2D eigenvalue weighted by Crippen LogP contribution is 2.26. The average molecular weight is 440 g/mol. The molecule has 0 unspecified atom stereocenters. The second-order valence-corrected chi connectivity index (χ2v) is 7.01. The highest BCUT2D eigenvalue weighted by atomic mass is 16.6. The summed E-state index contributed by atoms with van der Waals surface area (Å²) in [5.74, 6) is -2.68. The molecule has 0 N–H and O–H groups in total. The summed E-state index contributed by atoms with van der Waals surface area (Å²) in [6.07, 6.45) is -0.0653. The van der Waals surface area contributed by atoms with Gasteiger partial charge in [-0.1, -0.05) is 0 Å². The van der Waals surface area contributed by atoms with Crippen molar-refractivity contribution in [3.05, 3.63) is 69.8 Å². The summed E-state index contributed by atoms with van der Waals surface area (Å²) in [5, 5.41) is 10.7. The number of esters is 2. The number of amides is 1. The molecule has 1 heterocycles. The maximum atomic E-state index is 12.4. The lowest BCUT2D eigenvalue weighted by molar-refractivity contribution is -0.384. The molecule has 10 nitrogen and oxygen atoms in total. The van der Waals surface area contributed by atoms with Crippen LogP contribution in [-0.2, 0) is 19.1 Å². The quantitative estimate of drug-likeness (QED) is 0.265. The van der Waals surface area contributed by atoms with Gasteiger partial charge in [0.25, 0.3) is 5.69 Å². The number of nitro benzene ring substituents is 1. The Morgan fingerprint density at radius 1 is 1.03 bits per heavy atom. The molecule has 32 heavy (non-hydrogen) atoms. The first-order valence-electron chi connectivity index (χ1n) is 9.82. The van der Waals surface area contributed by atoms with Gasteiger partial charge in [-0.2, -0.15) is 0 Å². The van der Waals surface area contributed by atoms with Crippen LogP contribution in [0.25, 0.3) is 0 Å². The molecule has 1 aliphatic heterocycles. The predicted octanol–water partition coefficient (Wildman–Crippen LogP) is 2.55. The van der Waals surface area contributed by atoms with Crippen molar-refractivity contribution in [2.45, 2.75) is 13.3 Å². The van der Waals surface area contributed by atoms with E-state index in [2.05, 4.69) is 0 Å². The zero-order chi connectivity index (χ0) is 23.3. The second-order valence-electron chi connectivity index (χ2n) is 7.01. The molecule has 3 rings (SSSR count). The topological polar surface area (TPSA) is 133 Å². The molecule has 1 saturated heterocycles. The fourth-order valence-electron chi connectivity index (χ4n) is 3.21. The molecule has 2 aromatic rings. The Bertz CT molecular complexity index is 1050. The van der Waals surface area contributed by atoms with Crippen molar-refractivity contribution in [2.24, 2.45) is 5.92 Å². The van der Waals surface area contributed by atoms with Crippen molar-refractivity contribution >= 4 is 35.0 Å². The first kappa shape index (κ1) is 22.6. The van der Waals surface area contributed by atoms with Crippen molar-refractivity contribution in [2.75, 3.05) is 24.7 Å². The van der Waals surface area contributed by atoms with Gasteiger partial charge < -0.3 is 14.4 Å². The molecular formula is C22H20N2O8. The Morgan fingerprint density at radius 2 is 1.66 bits per heavy atom. The van der Waals surface area contributed by atoms with Crippen LogP contribution in [0.4, 0.5) is 11.4 Å². The van der Waals surface area contributed by atoms with E-state index in [-0.39, 0.29) is 36.7 Å². The van der Waals surface area contributed by atoms with Crippen molar-refractivity contribution in [1.29, 1.82) is 0 Å². The van der Waals surface area contributed by atoms with Crippen molar-refractivity contribution < 1.29 is 33.6 Å². The molecule has 0 saturated carbocycles. The molecule has 1 fully saturated rings. The number of nitrogens with zero attached hydrogens (tertiary/aromatic N) is 2. The number of carbonyl (C=O) groups is 4. The Hall–Kier alpha value is -4.08. The van der Waals surface area contributed by atoms with Crippen LogP contribution in [0.15, 0.2) is 48.5 Å². The van der Waals surface area contributed by atoms with Crippen LogP contribution in [0.1, 0.15) is 34.1 Å². The Kier molecular flexibility index (Phi) is 6.93. The number of ketones is 1. The largest absolute Gasteiger partial charge is 0.462 e. The fourth-order valence-corrected chi connectivity index (χ4v) is 3.21. The molecule has 0 aromatic heterocycles. The lowest BCUT2D eigenvalue weighted by atomic mass is 10.1. The number of non-ortho nitro benzene ring substituents is 1. The summed E-state index contributed by atoms with van der Waals surface area (Å²) in [6.45, 7) is 1.51. The molecule has 2 aromatic carbocycles. The van der Waals surface area contributed by atoms with E-state index in [0.29, 0.717) is 11.3 Å². The number of carbonyl (C=O) groups excluding carboxylic acids is 4. The second kappa shape index (κ2) is 9.82. The summed E-state index contributed by atoms with van der Waals surface area (Å²) in [7, 11) is 0. The normalized spacial score (nSPS) is 15.3. The lowest BCUT2D eigenvalue weighted by Gasteiger charge is -2.17. The number of Topliss-reactive ketones (excluding diaryl/α,β-unsaturated/α-hetero) is 1. The Labute approximate surface area is 182 Å². The van der Waals surface area contributed by atoms with Crippen LogP contribution in [0, 0.1) is 16.0 Å². The van der Waals surface area contributed by atoms with Crippen molar-refractivity contribution in [3.63, 3.8) is 0 Å². The van der Waals surface area contributed by atoms with Crippen molar-refractivity contribution in [3.8, 4) is 0 Å². The Balaban J connectivity index is 1.56. The molecule has 0 spiro atoms. The number of hydrogen-bond acceptors (Lipinski definition) is 8. The van der Waals surface area contributed by atoms with Crippen LogP contribution < -0.4 is 4.90 Å². The number of nitro groups is 1. The van der Waals surface area contributed by atoms with Gasteiger partial charge in [0, 0.05) is 36.3 Å². The first-order valence-corrected chi connectivity index (χ1v) is 9.82. The van der Waals surface area contributed by atoms with Gasteiger partial charge in [0.2, 0.25) is 5.91 Å². The zero-order valence-electron chi connectivity index (χ0n) is 17.2. The van der Waals surface area contributed by atoms with E-state index >= 15 is 0 Å². The van der Waals surface area contributed by atoms with Crippen LogP contribution in [-0.4, -0.2) is 48.3 Å². The standard InChI is InChI=1S/C22H20N2O8/c1-2-31-21(27)15-5-7-17(8-6-15)23-12-16(11-20(23)26)22(28)32-13-19(25)14-3-9-18(10-4-14)24(29)30/h3-10,16H,2,11-13H2,1H3/t16-/m1/s1. The number of hydrogen-bond donors (Lipinski definition) is 0. The van der Waals surface area contributed by atoms with Crippen LogP contribution in [0.3, 0.4) is 0 Å². The maximum Gasteiger partial charge on any atom is 0.338 e. The summed E-state index contributed by atoms with van der Waals surface area (Å²) >= 11 is 0. The third-order valence-corrected chi connectivity index (χ3v) is 4.89. The van der Waals surface area contributed by atoms with Gasteiger partial charge in [-0.3, -0.25) is 24.5 Å². The van der Waals surface area contributed by atoms with Gasteiger partial charge in [0.15, 0.2) is 12.4 Å². The molecule has 10 heteroatoms. The van der Waals surface area contributed by atoms with Crippen LogP contribution >= 0.6 is 0 Å². The van der Waals surface area contributed by atoms with E-state index in [4.69, 9.17) is 9.47 Å². The van der Waals surface area contributed by atoms with Gasteiger partial charge in [0.1, 0.15) is 0 Å². The molecule has 1 amide bonds. The van der Waals surface area contributed by atoms with Gasteiger partial charge in [-0.05, 0) is 43.3 Å². The highest BCUT2D eigenvalue weighted by Gasteiger charge is 2.36. The summed E-state index contributed by atoms with van der Waals surface area (Å²) in [5.41, 5.74) is 0.899. The average Bonchev–Trinajstić information content (AvgIpc) is 3.19. The SMILES string of the molecule is CCOC(=O)c1ccc(N2C[C@H](C(=O)OCC(=O)c3ccc([N+](=O)[O-])cc3)CC2=O)cc1. The van der Waals surface area contributed by atoms with Gasteiger partial charge in [0.05, 0.1) is 23.0 Å². The first-order chi connectivity index (χ1) is 15.3. The zero-order valence-corrected chi connectivity index (χ0v) is 17.2. The smallest absolute Gasteiger partial charge is 0.338 e. The minimum absolute atomic E-state index is 0.0653. The van der Waals surface area contributed by atoms with E-state index in [1.165, 1.54) is 41.3 Å². The molecule has 0 bridgehead atoms. The van der Waals surface area contributed by atoms with E-state index in [1.54, 1.807) is 19.1 Å². The Morgan fingerprint density at radius 3 is 2.25 bits per heavy atom. The number of ether oxygens (including phenoxy) is 2. The minimum atomic E-state index is -0.739. The fraction of sp³-hybridized carbons (Fsp3) is 0.273.